The minimum Gasteiger partial charge on any atom is -0.356 e. The van der Waals surface area contributed by atoms with Gasteiger partial charge in [0.25, 0.3) is 0 Å². The van der Waals surface area contributed by atoms with E-state index in [-0.39, 0.29) is 19.8 Å². The Morgan fingerprint density at radius 1 is 0.600 bits per heavy atom. The molecule has 0 saturated heterocycles. The number of hydrogen-bond donors (Lipinski definition) is 1. The monoisotopic (exact) mass is 221 g/mol. The molecule has 0 radical (unpaired) electrons. The fourth-order valence-electron chi connectivity index (χ4n) is 1.21. The molecule has 2 aromatic rings. The minimum absolute atomic E-state index is 0. The molecule has 2 heteroatoms. The average molecular weight is 222 g/mol. The second-order valence-electron chi connectivity index (χ2n) is 2.86. The van der Waals surface area contributed by atoms with Crippen LogP contribution in [-0.4, -0.2) is 0 Å². The van der Waals surface area contributed by atoms with Crippen molar-refractivity contribution in [3.63, 3.8) is 0 Å². The van der Waals surface area contributed by atoms with Crippen LogP contribution in [0.5, 0.6) is 0 Å². The molecule has 2 aromatic carbocycles. The van der Waals surface area contributed by atoms with Crippen LogP contribution in [0.1, 0.15) is 7.43 Å². The molecule has 0 atom stereocenters. The van der Waals surface area contributed by atoms with Gasteiger partial charge in [-0.05, 0) is 24.3 Å². The molecule has 2 rings (SSSR count). The van der Waals surface area contributed by atoms with Crippen LogP contribution < -0.4 is 5.32 Å². The van der Waals surface area contributed by atoms with Crippen molar-refractivity contribution >= 4 is 23.8 Å². The van der Waals surface area contributed by atoms with Crippen molar-refractivity contribution in [2.75, 3.05) is 5.32 Å². The summed E-state index contributed by atoms with van der Waals surface area (Å²) < 4.78 is 0. The van der Waals surface area contributed by atoms with Gasteiger partial charge in [0.05, 0.1) is 0 Å². The van der Waals surface area contributed by atoms with Crippen LogP contribution in [-0.2, 0) is 0 Å². The summed E-state index contributed by atoms with van der Waals surface area (Å²) in [6, 6.07) is 20.3. The highest BCUT2D eigenvalue weighted by atomic mass is 35.5. The maximum atomic E-state index is 3.30. The molecule has 0 aromatic heterocycles. The zero-order valence-electron chi connectivity index (χ0n) is 7.68. The lowest BCUT2D eigenvalue weighted by molar-refractivity contribution is 1.55. The highest BCUT2D eigenvalue weighted by molar-refractivity contribution is 5.85. The molecule has 15 heavy (non-hydrogen) atoms. The van der Waals surface area contributed by atoms with Crippen molar-refractivity contribution in [3.8, 4) is 0 Å². The maximum absolute atomic E-state index is 3.30. The van der Waals surface area contributed by atoms with E-state index in [1.807, 2.05) is 60.7 Å². The quantitative estimate of drug-likeness (QED) is 0.788. The first-order valence-electron chi connectivity index (χ1n) is 4.32. The fourth-order valence-corrected chi connectivity index (χ4v) is 1.21. The number of hydrogen-bond acceptors (Lipinski definition) is 1. The third-order valence-corrected chi connectivity index (χ3v) is 1.84. The first kappa shape index (κ1) is 13.5. The maximum Gasteiger partial charge on any atom is 0.0384 e. The largest absolute Gasteiger partial charge is 0.356 e. The first-order valence-corrected chi connectivity index (χ1v) is 4.32. The van der Waals surface area contributed by atoms with Crippen LogP contribution in [0, 0.1) is 0 Å². The summed E-state index contributed by atoms with van der Waals surface area (Å²) in [5.41, 5.74) is 2.24. The van der Waals surface area contributed by atoms with Crippen LogP contribution in [0.25, 0.3) is 0 Å². The van der Waals surface area contributed by atoms with Crippen molar-refractivity contribution in [3.05, 3.63) is 60.7 Å². The summed E-state index contributed by atoms with van der Waals surface area (Å²) in [5.74, 6) is 0. The van der Waals surface area contributed by atoms with E-state index in [4.69, 9.17) is 0 Å². The molecule has 0 spiro atoms. The summed E-state index contributed by atoms with van der Waals surface area (Å²) in [4.78, 5) is 0. The predicted molar refractivity (Wildman–Crippen MR) is 70.1 cm³/mol. The van der Waals surface area contributed by atoms with Crippen molar-refractivity contribution in [1.29, 1.82) is 0 Å². The third kappa shape index (κ3) is 4.05. The van der Waals surface area contributed by atoms with Crippen LogP contribution in [0.3, 0.4) is 0 Å². The van der Waals surface area contributed by atoms with Crippen molar-refractivity contribution in [2.45, 2.75) is 7.43 Å². The van der Waals surface area contributed by atoms with Gasteiger partial charge >= 0.3 is 0 Å². The van der Waals surface area contributed by atoms with Gasteiger partial charge in [0.15, 0.2) is 0 Å². The van der Waals surface area contributed by atoms with Crippen LogP contribution in [0.15, 0.2) is 60.7 Å². The second kappa shape index (κ2) is 6.91. The highest BCUT2D eigenvalue weighted by Gasteiger charge is 1.89. The number of anilines is 2. The molecule has 0 saturated carbocycles. The third-order valence-electron chi connectivity index (χ3n) is 1.84. The van der Waals surface area contributed by atoms with E-state index in [0.29, 0.717) is 0 Å². The van der Waals surface area contributed by atoms with Crippen LogP contribution >= 0.6 is 12.4 Å². The van der Waals surface area contributed by atoms with E-state index >= 15 is 0 Å². The molecule has 0 aliphatic rings. The predicted octanol–water partition coefficient (Wildman–Crippen LogP) is 4.49. The van der Waals surface area contributed by atoms with Crippen molar-refractivity contribution in [2.24, 2.45) is 0 Å². The molecule has 0 unspecified atom stereocenters. The molecular formula is C13H16ClN. The lowest BCUT2D eigenvalue weighted by Gasteiger charge is -2.04. The number of halogens is 1. The smallest absolute Gasteiger partial charge is 0.0384 e. The summed E-state index contributed by atoms with van der Waals surface area (Å²) >= 11 is 0. The Hall–Kier alpha value is -1.47. The Morgan fingerprint density at radius 3 is 1.27 bits per heavy atom. The molecule has 0 aliphatic heterocycles. The van der Waals surface area contributed by atoms with Gasteiger partial charge < -0.3 is 5.32 Å². The Labute approximate surface area is 97.6 Å². The average Bonchev–Trinajstić information content (AvgIpc) is 2.21. The Bertz CT molecular complexity index is 321. The molecule has 1 nitrogen and oxygen atoms in total. The highest BCUT2D eigenvalue weighted by Crippen LogP contribution is 2.14. The van der Waals surface area contributed by atoms with E-state index in [0.717, 1.165) is 11.4 Å². The van der Waals surface area contributed by atoms with Gasteiger partial charge in [-0.25, -0.2) is 0 Å². The number of benzene rings is 2. The van der Waals surface area contributed by atoms with Gasteiger partial charge in [0, 0.05) is 11.4 Å². The van der Waals surface area contributed by atoms with E-state index in [1.165, 1.54) is 0 Å². The van der Waals surface area contributed by atoms with E-state index in [2.05, 4.69) is 5.32 Å². The molecule has 0 bridgehead atoms. The Balaban J connectivity index is 0.000000980. The summed E-state index contributed by atoms with van der Waals surface area (Å²) in [5, 5.41) is 3.30. The van der Waals surface area contributed by atoms with Crippen molar-refractivity contribution in [1.82, 2.24) is 0 Å². The summed E-state index contributed by atoms with van der Waals surface area (Å²) in [6.45, 7) is 0. The Kier molecular flexibility index (Phi) is 6.23. The Morgan fingerprint density at radius 2 is 0.933 bits per heavy atom. The second-order valence-corrected chi connectivity index (χ2v) is 2.86. The van der Waals surface area contributed by atoms with E-state index in [9.17, 15) is 0 Å². The molecule has 80 valence electrons. The zero-order chi connectivity index (χ0) is 8.93. The van der Waals surface area contributed by atoms with Gasteiger partial charge in [-0.2, -0.15) is 0 Å². The number of nitrogens with one attached hydrogen (secondary N) is 1. The van der Waals surface area contributed by atoms with E-state index in [1.54, 1.807) is 0 Å². The molecule has 1 N–H and O–H groups in total. The summed E-state index contributed by atoms with van der Waals surface area (Å²) in [7, 11) is 0. The first-order chi connectivity index (χ1) is 6.45. The molecule has 0 amide bonds. The lowest BCUT2D eigenvalue weighted by atomic mass is 10.3. The fraction of sp³-hybridized carbons (Fsp3) is 0.0769. The van der Waals surface area contributed by atoms with E-state index < -0.39 is 0 Å². The molecular weight excluding hydrogens is 206 g/mol. The summed E-state index contributed by atoms with van der Waals surface area (Å²) in [6.07, 6.45) is 0. The van der Waals surface area contributed by atoms with Crippen molar-refractivity contribution < 1.29 is 0 Å². The number of rotatable bonds is 2. The van der Waals surface area contributed by atoms with Gasteiger partial charge in [0.1, 0.15) is 0 Å². The topological polar surface area (TPSA) is 12.0 Å². The molecule has 0 fully saturated rings. The van der Waals surface area contributed by atoms with Crippen LogP contribution in [0.4, 0.5) is 11.4 Å². The molecule has 0 aliphatic carbocycles. The van der Waals surface area contributed by atoms with Gasteiger partial charge in [-0.15, -0.1) is 12.4 Å². The number of para-hydroxylation sites is 2. The van der Waals surface area contributed by atoms with Gasteiger partial charge in [0.2, 0.25) is 0 Å². The van der Waals surface area contributed by atoms with Crippen LogP contribution in [0.2, 0.25) is 0 Å². The van der Waals surface area contributed by atoms with Gasteiger partial charge in [-0.3, -0.25) is 0 Å². The minimum atomic E-state index is 0. The standard InChI is InChI=1S/C12H11N.CH4.ClH/c1-3-7-11(8-4-1)13-12-9-5-2-6-10-12;;/h1-10,13H;1H4;1H. The zero-order valence-corrected chi connectivity index (χ0v) is 8.50. The normalized spacial score (nSPS) is 8.27. The lowest BCUT2D eigenvalue weighted by Crippen LogP contribution is -1.87. The molecule has 0 heterocycles. The SMILES string of the molecule is C.Cl.c1ccc(Nc2ccccc2)cc1. The van der Waals surface area contributed by atoms with Gasteiger partial charge in [-0.1, -0.05) is 43.8 Å².